The maximum absolute atomic E-state index is 13.7. The zero-order valence-corrected chi connectivity index (χ0v) is 18.1. The van der Waals surface area contributed by atoms with Gasteiger partial charge in [-0.25, -0.2) is 4.68 Å². The first-order valence-electron chi connectivity index (χ1n) is 10.9. The van der Waals surface area contributed by atoms with Crippen LogP contribution in [-0.4, -0.2) is 13.9 Å². The third-order valence-corrected chi connectivity index (χ3v) is 6.45. The van der Waals surface area contributed by atoms with Crippen LogP contribution in [0.2, 0.25) is 0 Å². The lowest BCUT2D eigenvalue weighted by molar-refractivity contribution is 0.516. The lowest BCUT2D eigenvalue weighted by Gasteiger charge is -2.19. The molecule has 2 aromatic heterocycles. The number of nitriles is 1. The van der Waals surface area contributed by atoms with E-state index >= 15 is 0 Å². The quantitative estimate of drug-likeness (QED) is 0.460. The number of nitrogens with zero attached hydrogens (tertiary/aromatic N) is 4. The first-order chi connectivity index (χ1) is 16.6. The molecular formula is C27H19N5O2. The first-order valence-corrected chi connectivity index (χ1v) is 10.9. The molecule has 34 heavy (non-hydrogen) atoms. The van der Waals surface area contributed by atoms with Crippen LogP contribution in [0.5, 0.6) is 0 Å². The molecule has 3 heterocycles. The molecule has 0 spiro atoms. The summed E-state index contributed by atoms with van der Waals surface area (Å²) in [6.45, 7) is 0.533. The molecule has 3 aromatic carbocycles. The van der Waals surface area contributed by atoms with E-state index in [1.807, 2.05) is 60.7 Å². The molecule has 0 amide bonds. The summed E-state index contributed by atoms with van der Waals surface area (Å²) in [5.41, 5.74) is 8.47. The highest BCUT2D eigenvalue weighted by molar-refractivity contribution is 5.84. The summed E-state index contributed by atoms with van der Waals surface area (Å²) < 4.78 is 4.56. The molecule has 0 aliphatic carbocycles. The molecule has 1 atom stereocenters. The Kier molecular flexibility index (Phi) is 4.29. The molecule has 0 fully saturated rings. The topological polar surface area (TPSA) is 98.7 Å². The zero-order chi connectivity index (χ0) is 23.4. The summed E-state index contributed by atoms with van der Waals surface area (Å²) in [7, 11) is 0. The van der Waals surface area contributed by atoms with Gasteiger partial charge in [-0.2, -0.15) is 9.94 Å². The van der Waals surface area contributed by atoms with Crippen LogP contribution >= 0.6 is 0 Å². The Balaban J connectivity index is 1.69. The second-order valence-corrected chi connectivity index (χ2v) is 8.33. The van der Waals surface area contributed by atoms with E-state index in [1.165, 1.54) is 4.68 Å². The minimum absolute atomic E-state index is 0.0168. The van der Waals surface area contributed by atoms with Crippen molar-refractivity contribution in [1.82, 2.24) is 13.9 Å². The molecule has 5 aromatic rings. The fraction of sp³-hybridized carbons (Fsp3) is 0.0741. The number of fused-ring (bicyclic) bond motifs is 3. The van der Waals surface area contributed by atoms with Crippen molar-refractivity contribution < 1.29 is 0 Å². The summed E-state index contributed by atoms with van der Waals surface area (Å²) in [5, 5.41) is 11.6. The third-order valence-electron chi connectivity index (χ3n) is 6.45. The number of hydrogen-bond acceptors (Lipinski definition) is 4. The molecule has 0 bridgehead atoms. The molecule has 6 rings (SSSR count). The van der Waals surface area contributed by atoms with Crippen molar-refractivity contribution in [2.24, 2.45) is 5.73 Å². The maximum atomic E-state index is 13.7. The molecule has 2 N–H and O–H groups in total. The summed E-state index contributed by atoms with van der Waals surface area (Å²) in [6, 6.07) is 27.8. The fourth-order valence-corrected chi connectivity index (χ4v) is 4.91. The van der Waals surface area contributed by atoms with Crippen LogP contribution in [0, 0.1) is 11.3 Å². The third kappa shape index (κ3) is 2.69. The molecule has 1 aliphatic heterocycles. The van der Waals surface area contributed by atoms with Gasteiger partial charge in [0.2, 0.25) is 0 Å². The molecule has 1 aliphatic rings. The van der Waals surface area contributed by atoms with Crippen molar-refractivity contribution in [3.8, 4) is 6.07 Å². The van der Waals surface area contributed by atoms with E-state index in [-0.39, 0.29) is 22.3 Å². The highest BCUT2D eigenvalue weighted by atomic mass is 16.2. The summed E-state index contributed by atoms with van der Waals surface area (Å²) in [4.78, 5) is 27.0. The van der Waals surface area contributed by atoms with Crippen molar-refractivity contribution in [2.75, 3.05) is 0 Å². The van der Waals surface area contributed by atoms with Crippen molar-refractivity contribution in [1.29, 1.82) is 5.26 Å². The van der Waals surface area contributed by atoms with Crippen LogP contribution in [0.25, 0.3) is 27.5 Å². The Morgan fingerprint density at radius 2 is 1.50 bits per heavy atom. The van der Waals surface area contributed by atoms with Crippen LogP contribution in [0.15, 0.2) is 100 Å². The predicted octanol–water partition coefficient (Wildman–Crippen LogP) is 3.42. The van der Waals surface area contributed by atoms with Gasteiger partial charge in [-0.05, 0) is 35.2 Å². The average Bonchev–Trinajstić information content (AvgIpc) is 3.38. The minimum Gasteiger partial charge on any atom is -0.383 e. The summed E-state index contributed by atoms with van der Waals surface area (Å²) >= 11 is 0. The molecule has 0 radical (unpaired) electrons. The van der Waals surface area contributed by atoms with Crippen LogP contribution in [0.4, 0.5) is 0 Å². The van der Waals surface area contributed by atoms with Crippen LogP contribution in [-0.2, 0) is 6.54 Å². The van der Waals surface area contributed by atoms with E-state index in [9.17, 15) is 14.9 Å². The molecule has 7 nitrogen and oxygen atoms in total. The Morgan fingerprint density at radius 1 is 0.853 bits per heavy atom. The van der Waals surface area contributed by atoms with Crippen molar-refractivity contribution in [3.63, 3.8) is 0 Å². The van der Waals surface area contributed by atoms with Crippen LogP contribution in [0.3, 0.4) is 0 Å². The predicted molar refractivity (Wildman–Crippen MR) is 131 cm³/mol. The summed E-state index contributed by atoms with van der Waals surface area (Å²) in [5.74, 6) is -0.0168. The number of rotatable bonds is 3. The van der Waals surface area contributed by atoms with Gasteiger partial charge in [0.25, 0.3) is 11.1 Å². The van der Waals surface area contributed by atoms with E-state index in [4.69, 9.17) is 5.73 Å². The Morgan fingerprint density at radius 3 is 2.24 bits per heavy atom. The van der Waals surface area contributed by atoms with Gasteiger partial charge in [0.05, 0.1) is 10.8 Å². The van der Waals surface area contributed by atoms with Gasteiger partial charge in [-0.15, -0.1) is 0 Å². The number of allylic oxidation sites excluding steroid dienone is 1. The summed E-state index contributed by atoms with van der Waals surface area (Å²) in [6.07, 6.45) is 0. The van der Waals surface area contributed by atoms with Crippen molar-refractivity contribution >= 4 is 27.5 Å². The molecular weight excluding hydrogens is 426 g/mol. The normalized spacial score (nSPS) is 15.1. The van der Waals surface area contributed by atoms with Crippen molar-refractivity contribution in [3.05, 3.63) is 122 Å². The number of para-hydroxylation sites is 1. The lowest BCUT2D eigenvalue weighted by Crippen LogP contribution is -2.38. The number of hydrogen-bond donors (Lipinski definition) is 1. The van der Waals surface area contributed by atoms with Gasteiger partial charge in [0, 0.05) is 17.8 Å². The van der Waals surface area contributed by atoms with Crippen LogP contribution < -0.4 is 16.9 Å². The molecule has 164 valence electrons. The minimum atomic E-state index is -0.828. The maximum Gasteiger partial charge on any atom is 0.279 e. The molecule has 0 saturated carbocycles. The largest absolute Gasteiger partial charge is 0.383 e. The highest BCUT2D eigenvalue weighted by Crippen LogP contribution is 2.36. The number of nitrogens with two attached hydrogens (primary N) is 1. The fourth-order valence-electron chi connectivity index (χ4n) is 4.91. The standard InChI is InChI=1S/C27H19N5O2/c28-15-21-24(31-26(33)19-11-5-6-12-20(19)27(34)32(31)25(21)29)23-14-18-10-4-7-13-22(18)30(23)16-17-8-2-1-3-9-17/h1-14,24H,16,29H2. The zero-order valence-electron chi connectivity index (χ0n) is 18.1. The lowest BCUT2D eigenvalue weighted by atomic mass is 10.1. The second kappa shape index (κ2) is 7.36. The smallest absolute Gasteiger partial charge is 0.279 e. The van der Waals surface area contributed by atoms with Crippen molar-refractivity contribution in [2.45, 2.75) is 12.6 Å². The van der Waals surface area contributed by atoms with Gasteiger partial charge in [0.15, 0.2) is 0 Å². The second-order valence-electron chi connectivity index (χ2n) is 8.33. The SMILES string of the molecule is N#CC1=C(N)n2c(=O)c3ccccc3c(=O)n2C1c1cc2ccccc2n1Cc1ccccc1. The van der Waals surface area contributed by atoms with E-state index in [1.54, 1.807) is 24.3 Å². The highest BCUT2D eigenvalue weighted by Gasteiger charge is 2.36. The molecule has 7 heteroatoms. The van der Waals surface area contributed by atoms with E-state index in [0.29, 0.717) is 17.6 Å². The Labute approximate surface area is 193 Å². The van der Waals surface area contributed by atoms with E-state index in [0.717, 1.165) is 21.1 Å². The van der Waals surface area contributed by atoms with Crippen LogP contribution in [0.1, 0.15) is 17.3 Å². The number of benzene rings is 3. The van der Waals surface area contributed by atoms with Gasteiger partial charge in [-0.1, -0.05) is 60.7 Å². The van der Waals surface area contributed by atoms with E-state index < -0.39 is 11.6 Å². The first kappa shape index (κ1) is 19.8. The monoisotopic (exact) mass is 445 g/mol. The molecule has 1 unspecified atom stereocenters. The van der Waals surface area contributed by atoms with Gasteiger partial charge >= 0.3 is 0 Å². The van der Waals surface area contributed by atoms with E-state index in [2.05, 4.69) is 10.6 Å². The average molecular weight is 445 g/mol. The Bertz CT molecular complexity index is 1800. The van der Waals surface area contributed by atoms with Gasteiger partial charge < -0.3 is 10.3 Å². The van der Waals surface area contributed by atoms with Gasteiger partial charge in [-0.3, -0.25) is 9.59 Å². The number of aromatic nitrogens is 3. The van der Waals surface area contributed by atoms with Gasteiger partial charge in [0.1, 0.15) is 23.5 Å². The molecule has 0 saturated heterocycles. The Hall–Kier alpha value is -4.83.